The molecule has 0 unspecified atom stereocenters. The summed E-state index contributed by atoms with van der Waals surface area (Å²) in [6, 6.07) is 15.9. The Morgan fingerprint density at radius 2 is 1.88 bits per heavy atom. The average molecular weight is 433 g/mol. The van der Waals surface area contributed by atoms with E-state index in [0.29, 0.717) is 12.5 Å². The molecule has 1 saturated heterocycles. The Hall–Kier alpha value is -2.79. The Bertz CT molecular complexity index is 1000. The lowest BCUT2D eigenvalue weighted by atomic mass is 9.89. The summed E-state index contributed by atoms with van der Waals surface area (Å²) in [7, 11) is 0. The number of fused-ring (bicyclic) bond motifs is 1. The number of hydrogen-bond acceptors (Lipinski definition) is 2. The van der Waals surface area contributed by atoms with Crippen molar-refractivity contribution in [3.8, 4) is 0 Å². The highest BCUT2D eigenvalue weighted by Gasteiger charge is 2.23. The van der Waals surface area contributed by atoms with Crippen LogP contribution in [0.3, 0.4) is 0 Å². The molecule has 2 N–H and O–H groups in total. The van der Waals surface area contributed by atoms with Crippen molar-refractivity contribution >= 4 is 28.3 Å². The van der Waals surface area contributed by atoms with Crippen LogP contribution in [0.15, 0.2) is 54.7 Å². The average Bonchev–Trinajstić information content (AvgIpc) is 3.24. The Morgan fingerprint density at radius 3 is 2.59 bits per heavy atom. The summed E-state index contributed by atoms with van der Waals surface area (Å²) in [6.07, 6.45) is 8.51. The molecule has 0 aliphatic carbocycles. The molecular weight excluding hydrogens is 396 g/mol. The third-order valence-electron chi connectivity index (χ3n) is 6.70. The van der Waals surface area contributed by atoms with Gasteiger partial charge >= 0.3 is 6.03 Å². The molecule has 3 aromatic rings. The number of aromatic nitrogens is 1. The number of amides is 2. The molecule has 0 spiro atoms. The molecule has 170 valence electrons. The van der Waals surface area contributed by atoms with Crippen LogP contribution in [0.1, 0.15) is 57.4 Å². The third-order valence-corrected chi connectivity index (χ3v) is 6.70. The van der Waals surface area contributed by atoms with E-state index < -0.39 is 0 Å². The molecule has 2 aromatic carbocycles. The van der Waals surface area contributed by atoms with Crippen molar-refractivity contribution in [3.05, 3.63) is 60.3 Å². The zero-order chi connectivity index (χ0) is 22.3. The van der Waals surface area contributed by atoms with Gasteiger partial charge in [0.2, 0.25) is 0 Å². The van der Waals surface area contributed by atoms with Crippen LogP contribution >= 0.6 is 0 Å². The number of hydrogen-bond donors (Lipinski definition) is 2. The topological polar surface area (TPSA) is 51.4 Å². The number of likely N-dealkylation sites (tertiary alicyclic amines) is 1. The number of unbranched alkanes of at least 4 members (excludes halogenated alkanes) is 2. The van der Waals surface area contributed by atoms with E-state index in [1.54, 1.807) is 4.90 Å². The van der Waals surface area contributed by atoms with Gasteiger partial charge in [0.15, 0.2) is 0 Å². The molecule has 1 aliphatic heterocycles. The lowest BCUT2D eigenvalue weighted by Crippen LogP contribution is -2.34. The van der Waals surface area contributed by atoms with Gasteiger partial charge in [0.1, 0.15) is 0 Å². The minimum absolute atomic E-state index is 0.101. The molecule has 32 heavy (non-hydrogen) atoms. The zero-order valence-electron chi connectivity index (χ0n) is 19.4. The van der Waals surface area contributed by atoms with Crippen molar-refractivity contribution in [2.24, 2.45) is 0 Å². The highest BCUT2D eigenvalue weighted by Crippen LogP contribution is 2.34. The number of carbonyl (C=O) groups is 1. The van der Waals surface area contributed by atoms with Gasteiger partial charge in [-0.2, -0.15) is 0 Å². The number of H-pyrrole nitrogens is 1. The Kier molecular flexibility index (Phi) is 7.48. The number of anilines is 2. The molecule has 4 rings (SSSR count). The molecule has 0 bridgehead atoms. The predicted molar refractivity (Wildman–Crippen MR) is 135 cm³/mol. The van der Waals surface area contributed by atoms with Gasteiger partial charge in [-0.25, -0.2) is 4.79 Å². The van der Waals surface area contributed by atoms with Gasteiger partial charge in [-0.15, -0.1) is 0 Å². The number of carbonyl (C=O) groups excluding carboxylic acids is 1. The Morgan fingerprint density at radius 1 is 1.09 bits per heavy atom. The molecule has 5 heteroatoms. The highest BCUT2D eigenvalue weighted by molar-refractivity contribution is 6.03. The minimum Gasteiger partial charge on any atom is -0.361 e. The third kappa shape index (κ3) is 5.16. The van der Waals surface area contributed by atoms with E-state index in [2.05, 4.69) is 40.5 Å². The fourth-order valence-corrected chi connectivity index (χ4v) is 4.85. The second-order valence-corrected chi connectivity index (χ2v) is 8.84. The lowest BCUT2D eigenvalue weighted by Gasteiger charge is -2.32. The van der Waals surface area contributed by atoms with E-state index in [-0.39, 0.29) is 6.03 Å². The number of para-hydroxylation sites is 1. The van der Waals surface area contributed by atoms with Gasteiger partial charge in [-0.05, 0) is 87.6 Å². The summed E-state index contributed by atoms with van der Waals surface area (Å²) in [4.78, 5) is 20.8. The monoisotopic (exact) mass is 432 g/mol. The Balaban J connectivity index is 1.44. The van der Waals surface area contributed by atoms with E-state index in [4.69, 9.17) is 0 Å². The van der Waals surface area contributed by atoms with Crippen molar-refractivity contribution in [3.63, 3.8) is 0 Å². The molecule has 2 amide bonds. The first-order valence-electron chi connectivity index (χ1n) is 12.2. The van der Waals surface area contributed by atoms with Crippen molar-refractivity contribution < 1.29 is 4.79 Å². The quantitative estimate of drug-likeness (QED) is 0.394. The van der Waals surface area contributed by atoms with Crippen LogP contribution in [-0.2, 0) is 0 Å². The summed E-state index contributed by atoms with van der Waals surface area (Å²) in [5, 5.41) is 4.34. The molecule has 0 atom stereocenters. The summed E-state index contributed by atoms with van der Waals surface area (Å²) >= 11 is 0. The number of nitrogens with zero attached hydrogens (tertiary/aromatic N) is 2. The van der Waals surface area contributed by atoms with Crippen LogP contribution in [0.25, 0.3) is 10.9 Å². The number of piperidine rings is 1. The number of rotatable bonds is 8. The first kappa shape index (κ1) is 22.4. The first-order valence-corrected chi connectivity index (χ1v) is 12.2. The lowest BCUT2D eigenvalue weighted by molar-refractivity contribution is 0.209. The highest BCUT2D eigenvalue weighted by atomic mass is 16.2. The van der Waals surface area contributed by atoms with Crippen LogP contribution in [0.5, 0.6) is 0 Å². The summed E-state index contributed by atoms with van der Waals surface area (Å²) in [5.41, 5.74) is 4.27. The minimum atomic E-state index is -0.101. The molecule has 2 heterocycles. The second kappa shape index (κ2) is 10.7. The second-order valence-electron chi connectivity index (χ2n) is 8.84. The van der Waals surface area contributed by atoms with Crippen molar-refractivity contribution in [1.29, 1.82) is 0 Å². The van der Waals surface area contributed by atoms with Crippen LogP contribution in [0, 0.1) is 0 Å². The standard InChI is InChI=1S/C27H36N4O/c1-3-5-9-16-30-17-14-21(15-18-30)25-20-28-26-13-12-22(19-24(25)26)29-27(32)31(4-2)23-10-7-6-8-11-23/h6-8,10-13,19-21,28H,3-5,9,14-18H2,1-2H3,(H,29,32). The molecule has 1 aliphatic rings. The Labute approximate surface area is 191 Å². The maximum absolute atomic E-state index is 13.0. The van der Waals surface area contributed by atoms with Crippen molar-refractivity contribution in [2.75, 3.05) is 36.4 Å². The summed E-state index contributed by atoms with van der Waals surface area (Å²) in [6.45, 7) is 8.47. The van der Waals surface area contributed by atoms with Gasteiger partial charge < -0.3 is 15.2 Å². The number of benzene rings is 2. The number of aromatic amines is 1. The SMILES string of the molecule is CCCCCN1CCC(c2c[nH]c3ccc(NC(=O)N(CC)c4ccccc4)cc23)CC1. The van der Waals surface area contributed by atoms with Crippen LogP contribution in [0.4, 0.5) is 16.2 Å². The molecule has 1 fully saturated rings. The number of nitrogens with one attached hydrogen (secondary N) is 2. The summed E-state index contributed by atoms with van der Waals surface area (Å²) in [5.74, 6) is 0.577. The van der Waals surface area contributed by atoms with Crippen LogP contribution < -0.4 is 10.2 Å². The maximum Gasteiger partial charge on any atom is 0.326 e. The van der Waals surface area contributed by atoms with Gasteiger partial charge in [0.05, 0.1) is 0 Å². The normalized spacial score (nSPS) is 15.2. The fraction of sp³-hybridized carbons (Fsp3) is 0.444. The molecule has 5 nitrogen and oxygen atoms in total. The fourth-order valence-electron chi connectivity index (χ4n) is 4.85. The van der Waals surface area contributed by atoms with E-state index in [1.807, 2.05) is 43.3 Å². The van der Waals surface area contributed by atoms with Gasteiger partial charge in [0, 0.05) is 35.0 Å². The number of urea groups is 1. The van der Waals surface area contributed by atoms with Crippen LogP contribution in [-0.4, -0.2) is 42.1 Å². The van der Waals surface area contributed by atoms with Crippen molar-refractivity contribution in [1.82, 2.24) is 9.88 Å². The molecule has 0 radical (unpaired) electrons. The van der Waals surface area contributed by atoms with E-state index in [9.17, 15) is 4.79 Å². The van der Waals surface area contributed by atoms with Crippen LogP contribution in [0.2, 0.25) is 0 Å². The van der Waals surface area contributed by atoms with E-state index >= 15 is 0 Å². The molecule has 1 aromatic heterocycles. The molecule has 0 saturated carbocycles. The van der Waals surface area contributed by atoms with Crippen molar-refractivity contribution in [2.45, 2.75) is 51.9 Å². The van der Waals surface area contributed by atoms with E-state index in [0.717, 1.165) is 16.9 Å². The predicted octanol–water partition coefficient (Wildman–Crippen LogP) is 6.60. The van der Waals surface area contributed by atoms with Gasteiger partial charge in [-0.3, -0.25) is 4.90 Å². The summed E-state index contributed by atoms with van der Waals surface area (Å²) < 4.78 is 0. The molecular formula is C27H36N4O. The maximum atomic E-state index is 13.0. The van der Waals surface area contributed by atoms with Gasteiger partial charge in [0.25, 0.3) is 0 Å². The smallest absolute Gasteiger partial charge is 0.326 e. The first-order chi connectivity index (χ1) is 15.7. The van der Waals surface area contributed by atoms with E-state index in [1.165, 1.54) is 62.7 Å². The zero-order valence-corrected chi connectivity index (χ0v) is 19.4. The largest absolute Gasteiger partial charge is 0.361 e. The van der Waals surface area contributed by atoms with Gasteiger partial charge in [-0.1, -0.05) is 38.0 Å².